The molecule has 6 aromatic rings. The van der Waals surface area contributed by atoms with E-state index in [4.69, 9.17) is 4.65 Å². The summed E-state index contributed by atoms with van der Waals surface area (Å²) in [6, 6.07) is 39.0. The fraction of sp³-hybridized carbons (Fsp3) is 0.238. The number of hydrogen-bond donors (Lipinski definition) is 2. The molecule has 0 aromatic heterocycles. The van der Waals surface area contributed by atoms with E-state index in [1.807, 2.05) is 0 Å². The van der Waals surface area contributed by atoms with Gasteiger partial charge in [0.25, 0.3) is 0 Å². The Morgan fingerprint density at radius 2 is 1.07 bits per heavy atom. The minimum Gasteiger partial charge on any atom is -0.402 e. The maximum atomic E-state index is 10.7. The maximum absolute atomic E-state index is 10.7. The van der Waals surface area contributed by atoms with E-state index >= 15 is 0 Å². The van der Waals surface area contributed by atoms with Gasteiger partial charge in [0.15, 0.2) is 0 Å². The third-order valence-corrected chi connectivity index (χ3v) is 9.63. The van der Waals surface area contributed by atoms with Gasteiger partial charge in [-0.2, -0.15) is 0 Å². The Hall–Kier alpha value is -4.22. The maximum Gasteiger partial charge on any atom is 0.634 e. The highest BCUT2D eigenvalue weighted by Crippen LogP contribution is 2.48. The summed E-state index contributed by atoms with van der Waals surface area (Å²) in [4.78, 5) is 0. The first-order valence-electron chi connectivity index (χ1n) is 16.2. The van der Waals surface area contributed by atoms with Crippen molar-refractivity contribution in [2.45, 2.75) is 65.9 Å². The molecule has 0 aliphatic carbocycles. The van der Waals surface area contributed by atoms with Crippen LogP contribution in [0, 0.1) is 41.5 Å². The van der Waals surface area contributed by atoms with Gasteiger partial charge in [0.1, 0.15) is 5.60 Å². The molecule has 0 aliphatic heterocycles. The molecule has 0 radical (unpaired) electrons. The van der Waals surface area contributed by atoms with Gasteiger partial charge < -0.3 is 14.7 Å². The van der Waals surface area contributed by atoms with Gasteiger partial charge in [-0.3, -0.25) is 0 Å². The van der Waals surface area contributed by atoms with Crippen LogP contribution in [-0.2, 0) is 10.3 Å². The lowest BCUT2D eigenvalue weighted by atomic mass is 9.71. The van der Waals surface area contributed by atoms with E-state index in [0.29, 0.717) is 12.8 Å². The van der Waals surface area contributed by atoms with Crippen molar-refractivity contribution in [1.29, 1.82) is 0 Å². The van der Waals surface area contributed by atoms with Crippen LogP contribution < -0.4 is 0 Å². The summed E-state index contributed by atoms with van der Waals surface area (Å²) in [5.41, 5.74) is 9.98. The van der Waals surface area contributed by atoms with Crippen molar-refractivity contribution in [3.05, 3.63) is 165 Å². The molecular weight excluding hydrogens is 563 g/mol. The summed E-state index contributed by atoms with van der Waals surface area (Å²) < 4.78 is 6.50. The Morgan fingerprint density at radius 3 is 1.61 bits per heavy atom. The van der Waals surface area contributed by atoms with Crippen LogP contribution in [0.3, 0.4) is 0 Å². The average Bonchev–Trinajstić information content (AvgIpc) is 3.00. The summed E-state index contributed by atoms with van der Waals surface area (Å²) in [6.45, 7) is 12.7. The van der Waals surface area contributed by atoms with Crippen molar-refractivity contribution in [3.63, 3.8) is 0 Å². The molecule has 0 amide bonds. The van der Waals surface area contributed by atoms with Crippen LogP contribution in [0.4, 0.5) is 0 Å². The Labute approximate surface area is 273 Å². The number of benzene rings is 6. The normalized spacial score (nSPS) is 12.5. The van der Waals surface area contributed by atoms with Crippen molar-refractivity contribution in [3.8, 4) is 0 Å². The van der Waals surface area contributed by atoms with E-state index in [-0.39, 0.29) is 5.92 Å². The van der Waals surface area contributed by atoms with Gasteiger partial charge in [0.05, 0.1) is 0 Å². The van der Waals surface area contributed by atoms with Crippen molar-refractivity contribution >= 4 is 28.9 Å². The van der Waals surface area contributed by atoms with Crippen LogP contribution >= 0.6 is 0 Å². The fourth-order valence-corrected chi connectivity index (χ4v) is 8.27. The molecule has 4 heteroatoms. The first-order chi connectivity index (χ1) is 22.1. The predicted molar refractivity (Wildman–Crippen MR) is 192 cm³/mol. The molecule has 6 rings (SSSR count). The predicted octanol–water partition coefficient (Wildman–Crippen LogP) is 9.69. The van der Waals surface area contributed by atoms with Gasteiger partial charge in [-0.15, -0.1) is 0 Å². The Balaban J connectivity index is 1.62. The molecule has 3 nitrogen and oxygen atoms in total. The first-order valence-corrected chi connectivity index (χ1v) is 16.2. The summed E-state index contributed by atoms with van der Waals surface area (Å²) in [7, 11) is -1.96. The molecule has 0 aliphatic rings. The highest BCUT2D eigenvalue weighted by Gasteiger charge is 2.43. The molecule has 1 atom stereocenters. The SMILES string of the molecule is Cc1cc(C)c(C(CCC(c2ccccc2)c2cc3ccccc3c3ccccc23)(OB(O)O)c2c(C)cc(C)cc2C)c(C)c1. The van der Waals surface area contributed by atoms with Crippen LogP contribution in [-0.4, -0.2) is 17.4 Å². The van der Waals surface area contributed by atoms with Gasteiger partial charge in [-0.05, 0) is 127 Å². The second-order valence-corrected chi connectivity index (χ2v) is 13.1. The van der Waals surface area contributed by atoms with E-state index in [9.17, 15) is 10.0 Å². The van der Waals surface area contributed by atoms with Crippen molar-refractivity contribution in [2.75, 3.05) is 0 Å². The van der Waals surface area contributed by atoms with Gasteiger partial charge in [0, 0.05) is 5.92 Å². The van der Waals surface area contributed by atoms with Crippen molar-refractivity contribution in [1.82, 2.24) is 0 Å². The lowest BCUT2D eigenvalue weighted by Gasteiger charge is -2.41. The molecule has 232 valence electrons. The molecule has 0 saturated carbocycles. The highest BCUT2D eigenvalue weighted by atomic mass is 16.6. The van der Waals surface area contributed by atoms with Gasteiger partial charge >= 0.3 is 7.32 Å². The third kappa shape index (κ3) is 5.89. The zero-order chi connectivity index (χ0) is 32.6. The second-order valence-electron chi connectivity index (χ2n) is 13.1. The fourth-order valence-electron chi connectivity index (χ4n) is 8.27. The van der Waals surface area contributed by atoms with Gasteiger partial charge in [0.2, 0.25) is 0 Å². The van der Waals surface area contributed by atoms with E-state index in [0.717, 1.165) is 33.4 Å². The molecule has 0 spiro atoms. The van der Waals surface area contributed by atoms with Crippen molar-refractivity contribution < 1.29 is 14.7 Å². The van der Waals surface area contributed by atoms with Crippen LogP contribution in [0.1, 0.15) is 74.4 Å². The van der Waals surface area contributed by atoms with Crippen LogP contribution in [0.15, 0.2) is 109 Å². The lowest BCUT2D eigenvalue weighted by Crippen LogP contribution is -2.41. The van der Waals surface area contributed by atoms with Crippen LogP contribution in [0.25, 0.3) is 21.5 Å². The number of fused-ring (bicyclic) bond motifs is 3. The molecule has 2 N–H and O–H groups in total. The summed E-state index contributed by atoms with van der Waals surface area (Å²) in [5.74, 6) is 0.0200. The van der Waals surface area contributed by atoms with Gasteiger partial charge in [-0.25, -0.2) is 0 Å². The molecule has 0 heterocycles. The minimum atomic E-state index is -1.96. The van der Waals surface area contributed by atoms with Gasteiger partial charge in [-0.1, -0.05) is 114 Å². The number of hydrogen-bond acceptors (Lipinski definition) is 3. The molecule has 0 bridgehead atoms. The summed E-state index contributed by atoms with van der Waals surface area (Å²) in [6.07, 6.45) is 1.24. The number of aryl methyl sites for hydroxylation is 6. The second kappa shape index (κ2) is 12.9. The van der Waals surface area contributed by atoms with E-state index < -0.39 is 12.9 Å². The average molecular weight is 607 g/mol. The Kier molecular flexibility index (Phi) is 8.89. The third-order valence-electron chi connectivity index (χ3n) is 9.63. The lowest BCUT2D eigenvalue weighted by molar-refractivity contribution is 0.0376. The van der Waals surface area contributed by atoms with E-state index in [1.54, 1.807) is 0 Å². The molecule has 6 aromatic carbocycles. The Morgan fingerprint density at radius 1 is 0.587 bits per heavy atom. The first kappa shape index (κ1) is 31.8. The Bertz CT molecular complexity index is 1930. The van der Waals surface area contributed by atoms with Crippen LogP contribution in [0.5, 0.6) is 0 Å². The zero-order valence-electron chi connectivity index (χ0n) is 27.8. The summed E-state index contributed by atoms with van der Waals surface area (Å²) in [5, 5.41) is 26.3. The van der Waals surface area contributed by atoms with E-state index in [1.165, 1.54) is 43.8 Å². The standard InChI is InChI=1S/C42H43BO3/c1-27-22-29(3)40(30(4)23-27)42(46-43(44)45,41-31(5)24-28(2)25-32(41)6)21-20-36(33-14-8-7-9-15-33)39-26-34-16-10-11-17-35(34)37-18-12-13-19-38(37)39/h7-19,22-26,36,44-45H,20-21H2,1-6H3. The molecule has 0 saturated heterocycles. The number of rotatable bonds is 9. The topological polar surface area (TPSA) is 49.7 Å². The minimum absolute atomic E-state index is 0.0200. The molecule has 1 unspecified atom stereocenters. The molecular formula is C42H43BO3. The molecule has 46 heavy (non-hydrogen) atoms. The van der Waals surface area contributed by atoms with E-state index in [2.05, 4.69) is 151 Å². The molecule has 0 fully saturated rings. The quantitative estimate of drug-likeness (QED) is 0.127. The van der Waals surface area contributed by atoms with Crippen molar-refractivity contribution in [2.24, 2.45) is 0 Å². The highest BCUT2D eigenvalue weighted by molar-refractivity contribution is 6.33. The zero-order valence-corrected chi connectivity index (χ0v) is 27.8. The summed E-state index contributed by atoms with van der Waals surface area (Å²) >= 11 is 0. The monoisotopic (exact) mass is 606 g/mol. The smallest absolute Gasteiger partial charge is 0.402 e. The largest absolute Gasteiger partial charge is 0.634 e. The van der Waals surface area contributed by atoms with Crippen LogP contribution in [0.2, 0.25) is 0 Å².